The van der Waals surface area contributed by atoms with Gasteiger partial charge in [-0.3, -0.25) is 19.9 Å². The van der Waals surface area contributed by atoms with E-state index >= 15 is 0 Å². The van der Waals surface area contributed by atoms with Gasteiger partial charge in [-0.15, -0.1) is 13.2 Å². The van der Waals surface area contributed by atoms with Crippen molar-refractivity contribution in [2.75, 3.05) is 0 Å². The number of hydrogen-bond donors (Lipinski definition) is 0. The molecule has 0 radical (unpaired) electrons. The van der Waals surface area contributed by atoms with Crippen LogP contribution in [0.1, 0.15) is 15.9 Å². The molecule has 1 heterocycles. The maximum absolute atomic E-state index is 12.4. The van der Waals surface area contributed by atoms with Crippen molar-refractivity contribution in [1.29, 1.82) is 0 Å². The number of nitro benzene ring substituents is 1. The van der Waals surface area contributed by atoms with E-state index in [0.29, 0.717) is 0 Å². The number of benzene rings is 1. The summed E-state index contributed by atoms with van der Waals surface area (Å²) < 4.78 is 40.9. The Morgan fingerprint density at radius 3 is 2.36 bits per heavy atom. The lowest BCUT2D eigenvalue weighted by molar-refractivity contribution is -0.385. The fraction of sp³-hybridized carbons (Fsp3) is 0.0769. The predicted octanol–water partition coefficient (Wildman–Crippen LogP) is 3.12. The van der Waals surface area contributed by atoms with Crippen molar-refractivity contribution in [1.82, 2.24) is 4.98 Å². The molecule has 0 bridgehead atoms. The third kappa shape index (κ3) is 3.37. The van der Waals surface area contributed by atoms with Crippen LogP contribution >= 0.6 is 0 Å². The molecule has 0 fully saturated rings. The zero-order valence-corrected chi connectivity index (χ0v) is 10.7. The van der Waals surface area contributed by atoms with Crippen LogP contribution in [0.5, 0.6) is 5.75 Å². The Morgan fingerprint density at radius 2 is 1.82 bits per heavy atom. The third-order valence-electron chi connectivity index (χ3n) is 2.60. The van der Waals surface area contributed by atoms with Crippen molar-refractivity contribution >= 4 is 11.5 Å². The van der Waals surface area contributed by atoms with Crippen LogP contribution in [0.15, 0.2) is 42.7 Å². The van der Waals surface area contributed by atoms with Gasteiger partial charge >= 0.3 is 6.36 Å². The van der Waals surface area contributed by atoms with E-state index in [2.05, 4.69) is 9.72 Å². The van der Waals surface area contributed by atoms with E-state index in [0.717, 1.165) is 18.2 Å². The molecule has 6 nitrogen and oxygen atoms in total. The summed E-state index contributed by atoms with van der Waals surface area (Å²) >= 11 is 0. The van der Waals surface area contributed by atoms with E-state index in [1.165, 1.54) is 24.5 Å². The van der Waals surface area contributed by atoms with Crippen LogP contribution in [0.3, 0.4) is 0 Å². The van der Waals surface area contributed by atoms with Gasteiger partial charge in [-0.1, -0.05) is 6.07 Å². The number of alkyl halides is 3. The highest BCUT2D eigenvalue weighted by molar-refractivity contribution is 6.13. The van der Waals surface area contributed by atoms with E-state index in [9.17, 15) is 28.1 Å². The number of halogens is 3. The summed E-state index contributed by atoms with van der Waals surface area (Å²) in [5.41, 5.74) is -1.59. The third-order valence-corrected chi connectivity index (χ3v) is 2.60. The van der Waals surface area contributed by atoms with Crippen molar-refractivity contribution in [3.05, 3.63) is 64.0 Å². The zero-order chi connectivity index (χ0) is 16.3. The summed E-state index contributed by atoms with van der Waals surface area (Å²) in [6, 6.07) is 5.24. The molecule has 0 aliphatic rings. The second-order valence-corrected chi connectivity index (χ2v) is 4.02. The number of rotatable bonds is 4. The molecule has 0 spiro atoms. The molecule has 0 atom stereocenters. The average molecular weight is 312 g/mol. The van der Waals surface area contributed by atoms with Crippen LogP contribution in [0.25, 0.3) is 0 Å². The molecule has 0 aliphatic heterocycles. The molecule has 9 heteroatoms. The van der Waals surface area contributed by atoms with Crippen molar-refractivity contribution in [2.24, 2.45) is 0 Å². The number of ketones is 1. The van der Waals surface area contributed by atoms with Crippen molar-refractivity contribution in [2.45, 2.75) is 6.36 Å². The molecule has 2 rings (SSSR count). The molecule has 0 unspecified atom stereocenters. The van der Waals surface area contributed by atoms with Crippen LogP contribution in [0.4, 0.5) is 18.9 Å². The van der Waals surface area contributed by atoms with E-state index in [-0.39, 0.29) is 5.56 Å². The molecular weight excluding hydrogens is 305 g/mol. The molecule has 0 N–H and O–H groups in total. The van der Waals surface area contributed by atoms with Gasteiger partial charge in [-0.05, 0) is 18.2 Å². The van der Waals surface area contributed by atoms with Gasteiger partial charge in [0.1, 0.15) is 11.3 Å². The molecule has 22 heavy (non-hydrogen) atoms. The SMILES string of the molecule is O=C(c1ccncc1)c1c(OC(F)(F)F)cccc1[N+](=O)[O-]. The summed E-state index contributed by atoms with van der Waals surface area (Å²) in [5, 5.41) is 11.0. The van der Waals surface area contributed by atoms with Gasteiger partial charge in [0.2, 0.25) is 5.78 Å². The van der Waals surface area contributed by atoms with E-state index in [1.54, 1.807) is 0 Å². The van der Waals surface area contributed by atoms with Crippen LogP contribution in [-0.2, 0) is 0 Å². The highest BCUT2D eigenvalue weighted by Gasteiger charge is 2.35. The fourth-order valence-corrected chi connectivity index (χ4v) is 1.76. The van der Waals surface area contributed by atoms with Gasteiger partial charge in [-0.25, -0.2) is 0 Å². The molecule has 0 amide bonds. The number of pyridine rings is 1. The lowest BCUT2D eigenvalue weighted by Gasteiger charge is -2.12. The van der Waals surface area contributed by atoms with E-state index < -0.39 is 34.1 Å². The van der Waals surface area contributed by atoms with Crippen molar-refractivity contribution < 1.29 is 27.6 Å². The summed E-state index contributed by atoms with van der Waals surface area (Å²) in [6.45, 7) is 0. The lowest BCUT2D eigenvalue weighted by Crippen LogP contribution is -2.20. The first kappa shape index (κ1) is 15.4. The minimum atomic E-state index is -5.08. The predicted molar refractivity (Wildman–Crippen MR) is 67.4 cm³/mol. The van der Waals surface area contributed by atoms with Gasteiger partial charge in [-0.2, -0.15) is 0 Å². The summed E-state index contributed by atoms with van der Waals surface area (Å²) in [6.07, 6.45) is -2.60. The summed E-state index contributed by atoms with van der Waals surface area (Å²) in [5.74, 6) is -1.89. The monoisotopic (exact) mass is 312 g/mol. The number of hydrogen-bond acceptors (Lipinski definition) is 5. The Bertz CT molecular complexity index is 717. The van der Waals surface area contributed by atoms with Gasteiger partial charge in [0.05, 0.1) is 4.92 Å². The Morgan fingerprint density at radius 1 is 1.18 bits per heavy atom. The molecule has 1 aromatic carbocycles. The zero-order valence-electron chi connectivity index (χ0n) is 10.7. The maximum Gasteiger partial charge on any atom is 0.573 e. The first-order chi connectivity index (χ1) is 10.3. The molecule has 2 aromatic rings. The first-order valence-corrected chi connectivity index (χ1v) is 5.77. The molecule has 0 saturated heterocycles. The average Bonchev–Trinajstić information content (AvgIpc) is 2.45. The van der Waals surface area contributed by atoms with Crippen LogP contribution < -0.4 is 4.74 Å². The number of nitro groups is 1. The number of ether oxygens (including phenoxy) is 1. The Hall–Kier alpha value is -2.97. The molecule has 114 valence electrons. The van der Waals surface area contributed by atoms with Crippen LogP contribution in [0.2, 0.25) is 0 Å². The standard InChI is InChI=1S/C13H7F3N2O4/c14-13(15,16)22-10-3-1-2-9(18(20)21)11(10)12(19)8-4-6-17-7-5-8/h1-7H. The topological polar surface area (TPSA) is 82.3 Å². The fourth-order valence-electron chi connectivity index (χ4n) is 1.76. The van der Waals surface area contributed by atoms with E-state index in [1.807, 2.05) is 0 Å². The van der Waals surface area contributed by atoms with Gasteiger partial charge in [0, 0.05) is 24.0 Å². The highest BCUT2D eigenvalue weighted by Crippen LogP contribution is 2.34. The van der Waals surface area contributed by atoms with Gasteiger partial charge < -0.3 is 4.74 Å². The Balaban J connectivity index is 2.60. The number of nitrogens with zero attached hydrogens (tertiary/aromatic N) is 2. The minimum Gasteiger partial charge on any atom is -0.405 e. The van der Waals surface area contributed by atoms with Crippen LogP contribution in [0, 0.1) is 10.1 Å². The number of carbonyl (C=O) groups is 1. The summed E-state index contributed by atoms with van der Waals surface area (Å²) in [7, 11) is 0. The normalized spacial score (nSPS) is 11.0. The maximum atomic E-state index is 12.4. The van der Waals surface area contributed by atoms with E-state index in [4.69, 9.17) is 0 Å². The Kier molecular flexibility index (Phi) is 4.06. The number of aromatic nitrogens is 1. The molecule has 0 aliphatic carbocycles. The second kappa shape index (κ2) is 5.80. The van der Waals surface area contributed by atoms with Crippen molar-refractivity contribution in [3.63, 3.8) is 0 Å². The molecule has 0 saturated carbocycles. The Labute approximate surface area is 121 Å². The smallest absolute Gasteiger partial charge is 0.405 e. The molecular formula is C13H7F3N2O4. The highest BCUT2D eigenvalue weighted by atomic mass is 19.4. The van der Waals surface area contributed by atoms with Crippen LogP contribution in [-0.4, -0.2) is 22.1 Å². The number of carbonyl (C=O) groups excluding carboxylic acids is 1. The minimum absolute atomic E-state index is 0.0451. The lowest BCUT2D eigenvalue weighted by atomic mass is 10.0. The quantitative estimate of drug-likeness (QED) is 0.492. The van der Waals surface area contributed by atoms with Crippen molar-refractivity contribution in [3.8, 4) is 5.75 Å². The first-order valence-electron chi connectivity index (χ1n) is 5.77. The molecule has 1 aromatic heterocycles. The van der Waals surface area contributed by atoms with Gasteiger partial charge in [0.15, 0.2) is 0 Å². The largest absolute Gasteiger partial charge is 0.573 e. The van der Waals surface area contributed by atoms with Gasteiger partial charge in [0.25, 0.3) is 5.69 Å². The summed E-state index contributed by atoms with van der Waals surface area (Å²) in [4.78, 5) is 26.0. The second-order valence-electron chi connectivity index (χ2n) is 4.02.